The van der Waals surface area contributed by atoms with Crippen LogP contribution in [0.4, 0.5) is 4.39 Å². The summed E-state index contributed by atoms with van der Waals surface area (Å²) in [5, 5.41) is 0. The van der Waals surface area contributed by atoms with Crippen LogP contribution in [0.2, 0.25) is 0 Å². The molecule has 0 unspecified atom stereocenters. The second kappa shape index (κ2) is 4.91. The molecule has 0 bridgehead atoms. The zero-order valence-electron chi connectivity index (χ0n) is 9.21. The summed E-state index contributed by atoms with van der Waals surface area (Å²) in [6, 6.07) is 5.09. The van der Waals surface area contributed by atoms with E-state index in [4.69, 9.17) is 4.74 Å². The van der Waals surface area contributed by atoms with Gasteiger partial charge in [-0.1, -0.05) is 26.0 Å². The minimum absolute atomic E-state index is 0.244. The first kappa shape index (κ1) is 11.7. The summed E-state index contributed by atoms with van der Waals surface area (Å²) in [6.45, 7) is 4.79. The van der Waals surface area contributed by atoms with Crippen LogP contribution in [0.5, 0.6) is 5.75 Å². The Labute approximate surface area is 89.1 Å². The Kier molecular flexibility index (Phi) is 3.83. The maximum Gasteiger partial charge on any atom is 0.308 e. The molecule has 0 saturated heterocycles. The molecule has 0 atom stereocenters. The standard InChI is InChI=1S/C12H15FO2/c1-8(2)11-5-4-10(7-13)6-12(11)15-9(3)14/h4-6,8H,7H2,1-3H3. The van der Waals surface area contributed by atoms with Crippen LogP contribution < -0.4 is 4.74 Å². The third kappa shape index (κ3) is 3.05. The Balaban J connectivity index is 3.10. The quantitative estimate of drug-likeness (QED) is 0.565. The monoisotopic (exact) mass is 210 g/mol. The SMILES string of the molecule is CC(=O)Oc1cc(CF)ccc1C(C)C. The molecule has 1 rings (SSSR count). The Morgan fingerprint density at radius 1 is 1.47 bits per heavy atom. The van der Waals surface area contributed by atoms with Crippen LogP contribution in [0.25, 0.3) is 0 Å². The first-order valence-electron chi connectivity index (χ1n) is 4.91. The van der Waals surface area contributed by atoms with Crippen molar-refractivity contribution in [2.45, 2.75) is 33.4 Å². The molecule has 3 heteroatoms. The summed E-state index contributed by atoms with van der Waals surface area (Å²) >= 11 is 0. The summed E-state index contributed by atoms with van der Waals surface area (Å²) in [6.07, 6.45) is 0. The number of carbonyl (C=O) groups excluding carboxylic acids is 1. The predicted octanol–water partition coefficient (Wildman–Crippen LogP) is 3.20. The topological polar surface area (TPSA) is 26.3 Å². The normalized spacial score (nSPS) is 10.5. The van der Waals surface area contributed by atoms with E-state index in [2.05, 4.69) is 0 Å². The first-order valence-corrected chi connectivity index (χ1v) is 4.91. The number of ether oxygens (including phenoxy) is 1. The fraction of sp³-hybridized carbons (Fsp3) is 0.417. The van der Waals surface area contributed by atoms with Crippen molar-refractivity contribution >= 4 is 5.97 Å². The highest BCUT2D eigenvalue weighted by Gasteiger charge is 2.10. The Morgan fingerprint density at radius 2 is 2.13 bits per heavy atom. The fourth-order valence-electron chi connectivity index (χ4n) is 1.38. The summed E-state index contributed by atoms with van der Waals surface area (Å²) in [5.74, 6) is 0.327. The lowest BCUT2D eigenvalue weighted by molar-refractivity contribution is -0.131. The average molecular weight is 210 g/mol. The van der Waals surface area contributed by atoms with E-state index in [1.165, 1.54) is 6.92 Å². The van der Waals surface area contributed by atoms with Crippen LogP contribution in [0.15, 0.2) is 18.2 Å². The molecule has 0 fully saturated rings. The van der Waals surface area contributed by atoms with Crippen LogP contribution in [0.3, 0.4) is 0 Å². The van der Waals surface area contributed by atoms with Gasteiger partial charge in [0.25, 0.3) is 0 Å². The predicted molar refractivity (Wildman–Crippen MR) is 56.7 cm³/mol. The van der Waals surface area contributed by atoms with E-state index in [0.29, 0.717) is 11.3 Å². The average Bonchev–Trinajstić information content (AvgIpc) is 2.16. The molecular formula is C12H15FO2. The van der Waals surface area contributed by atoms with E-state index in [1.54, 1.807) is 18.2 Å². The molecular weight excluding hydrogens is 195 g/mol. The Morgan fingerprint density at radius 3 is 2.60 bits per heavy atom. The van der Waals surface area contributed by atoms with Crippen LogP contribution >= 0.6 is 0 Å². The molecule has 82 valence electrons. The van der Waals surface area contributed by atoms with Gasteiger partial charge in [0.2, 0.25) is 0 Å². The van der Waals surface area contributed by atoms with Gasteiger partial charge >= 0.3 is 5.97 Å². The van der Waals surface area contributed by atoms with Gasteiger partial charge in [0.05, 0.1) is 0 Å². The maximum atomic E-state index is 12.4. The molecule has 0 aliphatic heterocycles. The van der Waals surface area contributed by atoms with E-state index in [1.807, 2.05) is 13.8 Å². The molecule has 1 aromatic rings. The van der Waals surface area contributed by atoms with Gasteiger partial charge in [0, 0.05) is 6.92 Å². The van der Waals surface area contributed by atoms with Crippen LogP contribution in [0, 0.1) is 0 Å². The first-order chi connectivity index (χ1) is 7.04. The van der Waals surface area contributed by atoms with Crippen LogP contribution in [0.1, 0.15) is 37.8 Å². The number of benzene rings is 1. The zero-order valence-corrected chi connectivity index (χ0v) is 9.21. The van der Waals surface area contributed by atoms with E-state index < -0.39 is 6.67 Å². The lowest BCUT2D eigenvalue weighted by Crippen LogP contribution is -2.05. The lowest BCUT2D eigenvalue weighted by atomic mass is 10.0. The number of carbonyl (C=O) groups is 1. The van der Waals surface area contributed by atoms with E-state index in [-0.39, 0.29) is 11.9 Å². The summed E-state index contributed by atoms with van der Waals surface area (Å²) < 4.78 is 17.5. The molecule has 0 N–H and O–H groups in total. The van der Waals surface area contributed by atoms with Gasteiger partial charge in [0.15, 0.2) is 0 Å². The molecule has 0 spiro atoms. The molecule has 0 saturated carbocycles. The van der Waals surface area contributed by atoms with Gasteiger partial charge in [-0.25, -0.2) is 4.39 Å². The third-order valence-electron chi connectivity index (χ3n) is 2.11. The summed E-state index contributed by atoms with van der Waals surface area (Å²) in [7, 11) is 0. The van der Waals surface area contributed by atoms with Crippen molar-refractivity contribution in [1.82, 2.24) is 0 Å². The molecule has 2 nitrogen and oxygen atoms in total. The largest absolute Gasteiger partial charge is 0.426 e. The van der Waals surface area contributed by atoms with E-state index >= 15 is 0 Å². The van der Waals surface area contributed by atoms with Gasteiger partial charge in [-0.15, -0.1) is 0 Å². The van der Waals surface area contributed by atoms with Crippen molar-refractivity contribution in [2.24, 2.45) is 0 Å². The van der Waals surface area contributed by atoms with Gasteiger partial charge in [-0.05, 0) is 23.1 Å². The molecule has 15 heavy (non-hydrogen) atoms. The van der Waals surface area contributed by atoms with E-state index in [9.17, 15) is 9.18 Å². The third-order valence-corrected chi connectivity index (χ3v) is 2.11. The fourth-order valence-corrected chi connectivity index (χ4v) is 1.38. The van der Waals surface area contributed by atoms with Crippen molar-refractivity contribution in [3.8, 4) is 5.75 Å². The molecule has 0 aliphatic carbocycles. The second-order valence-electron chi connectivity index (χ2n) is 3.75. The number of alkyl halides is 1. The second-order valence-corrected chi connectivity index (χ2v) is 3.75. The van der Waals surface area contributed by atoms with Crippen molar-refractivity contribution in [1.29, 1.82) is 0 Å². The van der Waals surface area contributed by atoms with Crippen molar-refractivity contribution in [3.05, 3.63) is 29.3 Å². The Bertz CT molecular complexity index is 359. The number of halogens is 1. The molecule has 0 aliphatic rings. The van der Waals surface area contributed by atoms with Crippen molar-refractivity contribution in [3.63, 3.8) is 0 Å². The number of hydrogen-bond acceptors (Lipinski definition) is 2. The van der Waals surface area contributed by atoms with Crippen molar-refractivity contribution < 1.29 is 13.9 Å². The molecule has 0 aromatic heterocycles. The number of rotatable bonds is 3. The van der Waals surface area contributed by atoms with Crippen LogP contribution in [-0.4, -0.2) is 5.97 Å². The summed E-state index contributed by atoms with van der Waals surface area (Å²) in [4.78, 5) is 10.9. The maximum absolute atomic E-state index is 12.4. The minimum Gasteiger partial charge on any atom is -0.426 e. The molecule has 0 amide bonds. The van der Waals surface area contributed by atoms with Gasteiger partial charge < -0.3 is 4.74 Å². The highest BCUT2D eigenvalue weighted by molar-refractivity contribution is 5.70. The van der Waals surface area contributed by atoms with Gasteiger partial charge in [-0.2, -0.15) is 0 Å². The van der Waals surface area contributed by atoms with E-state index in [0.717, 1.165) is 5.56 Å². The van der Waals surface area contributed by atoms with Crippen molar-refractivity contribution in [2.75, 3.05) is 0 Å². The lowest BCUT2D eigenvalue weighted by Gasteiger charge is -2.12. The van der Waals surface area contributed by atoms with Gasteiger partial charge in [0.1, 0.15) is 12.4 Å². The zero-order chi connectivity index (χ0) is 11.4. The Hall–Kier alpha value is -1.38. The smallest absolute Gasteiger partial charge is 0.308 e. The molecule has 0 radical (unpaired) electrons. The molecule has 0 heterocycles. The highest BCUT2D eigenvalue weighted by atomic mass is 19.1. The highest BCUT2D eigenvalue weighted by Crippen LogP contribution is 2.28. The molecule has 1 aromatic carbocycles. The number of esters is 1. The van der Waals surface area contributed by atoms with Crippen LogP contribution in [-0.2, 0) is 11.5 Å². The number of hydrogen-bond donors (Lipinski definition) is 0. The van der Waals surface area contributed by atoms with Gasteiger partial charge in [-0.3, -0.25) is 4.79 Å². The summed E-state index contributed by atoms with van der Waals surface area (Å²) in [5.41, 5.74) is 1.44. The minimum atomic E-state index is -0.549.